The van der Waals surface area contributed by atoms with Crippen molar-refractivity contribution in [1.82, 2.24) is 4.90 Å². The summed E-state index contributed by atoms with van der Waals surface area (Å²) in [5, 5.41) is 0. The minimum absolute atomic E-state index is 0.167. The maximum Gasteiger partial charge on any atom is 0.123 e. The van der Waals surface area contributed by atoms with E-state index in [1.54, 1.807) is 0 Å². The van der Waals surface area contributed by atoms with Crippen LogP contribution in [0.1, 0.15) is 49.1 Å². The summed E-state index contributed by atoms with van der Waals surface area (Å²) in [7, 11) is 0. The van der Waals surface area contributed by atoms with E-state index in [0.29, 0.717) is 0 Å². The summed E-state index contributed by atoms with van der Waals surface area (Å²) in [5.41, 5.74) is 2.17. The largest absolute Gasteiger partial charge is 0.303 e. The Hall–Kier alpha value is -1.45. The van der Waals surface area contributed by atoms with Crippen LogP contribution in [0.2, 0.25) is 0 Å². The van der Waals surface area contributed by atoms with Gasteiger partial charge in [-0.2, -0.15) is 0 Å². The lowest BCUT2D eigenvalue weighted by Crippen LogP contribution is -2.34. The monoisotopic (exact) mass is 391 g/mol. The van der Waals surface area contributed by atoms with Gasteiger partial charge in [-0.15, -0.1) is 11.6 Å². The van der Waals surface area contributed by atoms with E-state index in [2.05, 4.69) is 4.90 Å². The van der Waals surface area contributed by atoms with Gasteiger partial charge in [0.1, 0.15) is 11.6 Å². The van der Waals surface area contributed by atoms with Crippen molar-refractivity contribution < 1.29 is 8.78 Å². The fraction of sp³-hybridized carbons (Fsp3) is 0.478. The van der Waals surface area contributed by atoms with E-state index >= 15 is 0 Å². The second kappa shape index (κ2) is 10.2. The first-order chi connectivity index (χ1) is 13.2. The molecular weight excluding hydrogens is 364 g/mol. The number of likely N-dealkylation sites (tertiary alicyclic amines) is 1. The number of nitrogens with zero attached hydrogens (tertiary/aromatic N) is 1. The molecule has 0 amide bonds. The minimum Gasteiger partial charge on any atom is -0.303 e. The molecule has 3 rings (SSSR count). The molecule has 146 valence electrons. The summed E-state index contributed by atoms with van der Waals surface area (Å²) in [6.45, 7) is 3.38. The summed E-state index contributed by atoms with van der Waals surface area (Å²) < 4.78 is 26.6. The second-order valence-corrected chi connectivity index (χ2v) is 7.94. The molecule has 0 radical (unpaired) electrons. The van der Waals surface area contributed by atoms with E-state index in [1.807, 2.05) is 24.3 Å². The average Bonchev–Trinajstić information content (AvgIpc) is 2.69. The number of hydrogen-bond donors (Lipinski definition) is 0. The lowest BCUT2D eigenvalue weighted by molar-refractivity contribution is 0.179. The van der Waals surface area contributed by atoms with E-state index in [9.17, 15) is 8.78 Å². The molecule has 4 heteroatoms. The Morgan fingerprint density at radius 2 is 1.41 bits per heavy atom. The minimum atomic E-state index is -0.226. The van der Waals surface area contributed by atoms with Crippen molar-refractivity contribution in [3.63, 3.8) is 0 Å². The number of rotatable bonds is 8. The lowest BCUT2D eigenvalue weighted by Gasteiger charge is -2.32. The summed E-state index contributed by atoms with van der Waals surface area (Å²) >= 11 is 5.87. The maximum absolute atomic E-state index is 13.3. The molecule has 0 N–H and O–H groups in total. The van der Waals surface area contributed by atoms with Gasteiger partial charge in [0.15, 0.2) is 0 Å². The van der Waals surface area contributed by atoms with E-state index < -0.39 is 0 Å². The third kappa shape index (κ3) is 6.02. The van der Waals surface area contributed by atoms with Gasteiger partial charge in [-0.05, 0) is 93.0 Å². The zero-order chi connectivity index (χ0) is 19.1. The summed E-state index contributed by atoms with van der Waals surface area (Å²) in [6, 6.07) is 13.4. The molecule has 0 atom stereocenters. The number of hydrogen-bond acceptors (Lipinski definition) is 1. The predicted octanol–water partition coefficient (Wildman–Crippen LogP) is 6.22. The average molecular weight is 392 g/mol. The molecule has 1 aliphatic rings. The van der Waals surface area contributed by atoms with Crippen LogP contribution in [0.4, 0.5) is 8.78 Å². The molecule has 1 heterocycles. The lowest BCUT2D eigenvalue weighted by atomic mass is 9.87. The van der Waals surface area contributed by atoms with Gasteiger partial charge in [0.05, 0.1) is 0 Å². The fourth-order valence-corrected chi connectivity index (χ4v) is 4.40. The second-order valence-electron chi connectivity index (χ2n) is 7.56. The van der Waals surface area contributed by atoms with Gasteiger partial charge < -0.3 is 4.90 Å². The van der Waals surface area contributed by atoms with Crippen LogP contribution in [-0.4, -0.2) is 30.4 Å². The van der Waals surface area contributed by atoms with Crippen molar-refractivity contribution in [2.45, 2.75) is 38.0 Å². The molecule has 0 aromatic heterocycles. The predicted molar refractivity (Wildman–Crippen MR) is 108 cm³/mol. The fourth-order valence-electron chi connectivity index (χ4n) is 4.09. The van der Waals surface area contributed by atoms with Crippen LogP contribution in [0.3, 0.4) is 0 Å². The quantitative estimate of drug-likeness (QED) is 0.483. The highest BCUT2D eigenvalue weighted by atomic mass is 35.5. The number of benzene rings is 2. The van der Waals surface area contributed by atoms with Gasteiger partial charge in [-0.25, -0.2) is 8.78 Å². The summed E-state index contributed by atoms with van der Waals surface area (Å²) in [4.78, 5) is 2.54. The topological polar surface area (TPSA) is 3.24 Å². The first-order valence-electron chi connectivity index (χ1n) is 9.95. The van der Waals surface area contributed by atoms with Gasteiger partial charge in [0, 0.05) is 11.8 Å². The normalized spacial score (nSPS) is 16.1. The van der Waals surface area contributed by atoms with Gasteiger partial charge in [-0.1, -0.05) is 24.3 Å². The van der Waals surface area contributed by atoms with Crippen molar-refractivity contribution >= 4 is 11.6 Å². The highest BCUT2D eigenvalue weighted by Gasteiger charge is 2.20. The Kier molecular flexibility index (Phi) is 7.66. The zero-order valence-electron chi connectivity index (χ0n) is 15.7. The highest BCUT2D eigenvalue weighted by molar-refractivity contribution is 6.17. The van der Waals surface area contributed by atoms with Gasteiger partial charge >= 0.3 is 0 Å². The third-order valence-electron chi connectivity index (χ3n) is 5.74. The third-order valence-corrected chi connectivity index (χ3v) is 5.95. The molecule has 0 aliphatic carbocycles. The smallest absolute Gasteiger partial charge is 0.123 e. The van der Waals surface area contributed by atoms with Crippen molar-refractivity contribution in [1.29, 1.82) is 0 Å². The van der Waals surface area contributed by atoms with Crippen molar-refractivity contribution in [2.75, 3.05) is 25.5 Å². The number of piperidine rings is 1. The molecule has 1 nitrogen and oxygen atoms in total. The van der Waals surface area contributed by atoms with Gasteiger partial charge in [0.25, 0.3) is 0 Å². The van der Waals surface area contributed by atoms with Gasteiger partial charge in [0.2, 0.25) is 0 Å². The first kappa shape index (κ1) is 20.3. The van der Waals surface area contributed by atoms with Crippen LogP contribution in [0.25, 0.3) is 0 Å². The Morgan fingerprint density at radius 3 is 1.89 bits per heavy atom. The van der Waals surface area contributed by atoms with E-state index in [0.717, 1.165) is 61.8 Å². The van der Waals surface area contributed by atoms with E-state index in [4.69, 9.17) is 11.6 Å². The number of halogens is 3. The molecule has 27 heavy (non-hydrogen) atoms. The van der Waals surface area contributed by atoms with Gasteiger partial charge in [-0.3, -0.25) is 0 Å². The summed E-state index contributed by atoms with van der Waals surface area (Å²) in [5.74, 6) is 1.26. The molecule has 0 unspecified atom stereocenters. The number of alkyl halides is 1. The van der Waals surface area contributed by atoms with E-state index in [-0.39, 0.29) is 17.6 Å². The first-order valence-corrected chi connectivity index (χ1v) is 10.5. The molecule has 2 aromatic rings. The molecule has 0 spiro atoms. The van der Waals surface area contributed by atoms with Crippen LogP contribution in [-0.2, 0) is 0 Å². The zero-order valence-corrected chi connectivity index (χ0v) is 16.5. The van der Waals surface area contributed by atoms with Crippen LogP contribution < -0.4 is 0 Å². The SMILES string of the molecule is Fc1ccc(C(CCCN2CCC(CCCl)CC2)c2ccc(F)cc2)cc1. The van der Waals surface area contributed by atoms with Crippen LogP contribution in [0.5, 0.6) is 0 Å². The molecule has 2 aromatic carbocycles. The molecule has 1 fully saturated rings. The Balaban J connectivity index is 1.59. The van der Waals surface area contributed by atoms with Crippen molar-refractivity contribution in [3.8, 4) is 0 Å². The Labute approximate surface area is 166 Å². The van der Waals surface area contributed by atoms with Crippen molar-refractivity contribution in [2.24, 2.45) is 5.92 Å². The van der Waals surface area contributed by atoms with Crippen LogP contribution >= 0.6 is 11.6 Å². The molecular formula is C23H28ClF2N. The maximum atomic E-state index is 13.3. The van der Waals surface area contributed by atoms with Crippen LogP contribution in [0.15, 0.2) is 48.5 Å². The Morgan fingerprint density at radius 1 is 0.889 bits per heavy atom. The van der Waals surface area contributed by atoms with E-state index in [1.165, 1.54) is 37.1 Å². The molecule has 1 aliphatic heterocycles. The Bertz CT molecular complexity index is 633. The molecule has 0 saturated carbocycles. The molecule has 1 saturated heterocycles. The van der Waals surface area contributed by atoms with Crippen molar-refractivity contribution in [3.05, 3.63) is 71.3 Å². The summed E-state index contributed by atoms with van der Waals surface area (Å²) in [6.07, 6.45) is 5.66. The van der Waals surface area contributed by atoms with Crippen LogP contribution in [0, 0.1) is 17.6 Å². The molecule has 0 bridgehead atoms. The standard InChI is InChI=1S/C23H28ClF2N/c24-14-11-18-12-16-27(17-13-18)15-1-2-23(19-3-7-21(25)8-4-19)20-5-9-22(26)10-6-20/h3-10,18,23H,1-2,11-17H2. The highest BCUT2D eigenvalue weighted by Crippen LogP contribution is 2.30.